The zero-order chi connectivity index (χ0) is 10.4. The maximum atomic E-state index is 10.2. The third-order valence-corrected chi connectivity index (χ3v) is 2.06. The van der Waals surface area contributed by atoms with Crippen molar-refractivity contribution >= 4 is 11.7 Å². The van der Waals surface area contributed by atoms with Crippen molar-refractivity contribution < 1.29 is 9.90 Å². The molecule has 0 saturated carbocycles. The molecule has 3 nitrogen and oxygen atoms in total. The van der Waals surface area contributed by atoms with Crippen molar-refractivity contribution in [3.05, 3.63) is 29.8 Å². The molecule has 0 saturated heterocycles. The van der Waals surface area contributed by atoms with E-state index in [-0.39, 0.29) is 6.42 Å². The summed E-state index contributed by atoms with van der Waals surface area (Å²) in [5.41, 5.74) is 7.56. The highest BCUT2D eigenvalue weighted by atomic mass is 16.4. The van der Waals surface area contributed by atoms with Crippen LogP contribution in [0, 0.1) is 0 Å². The SMILES string of the molecule is Nc1cccc(CCCCC(=O)O)c1. The molecule has 0 fully saturated rings. The van der Waals surface area contributed by atoms with Crippen LogP contribution in [-0.2, 0) is 11.2 Å². The van der Waals surface area contributed by atoms with Gasteiger partial charge < -0.3 is 10.8 Å². The molecule has 3 heteroatoms. The molecule has 0 heterocycles. The summed E-state index contributed by atoms with van der Waals surface area (Å²) in [6.07, 6.45) is 2.78. The monoisotopic (exact) mass is 193 g/mol. The Balaban J connectivity index is 2.28. The summed E-state index contributed by atoms with van der Waals surface area (Å²) in [7, 11) is 0. The van der Waals surface area contributed by atoms with E-state index in [4.69, 9.17) is 10.8 Å². The Morgan fingerprint density at radius 1 is 1.36 bits per heavy atom. The van der Waals surface area contributed by atoms with Gasteiger partial charge in [-0.05, 0) is 37.0 Å². The van der Waals surface area contributed by atoms with Crippen LogP contribution in [0.3, 0.4) is 0 Å². The molecule has 76 valence electrons. The largest absolute Gasteiger partial charge is 0.481 e. The van der Waals surface area contributed by atoms with Crippen molar-refractivity contribution in [1.29, 1.82) is 0 Å². The van der Waals surface area contributed by atoms with E-state index in [1.807, 2.05) is 24.3 Å². The molecule has 1 aromatic rings. The molecule has 0 spiro atoms. The molecule has 0 unspecified atom stereocenters. The molecule has 0 aliphatic heterocycles. The van der Waals surface area contributed by atoms with Gasteiger partial charge in [-0.25, -0.2) is 0 Å². The predicted molar refractivity (Wildman–Crippen MR) is 56.0 cm³/mol. The van der Waals surface area contributed by atoms with Gasteiger partial charge in [0.05, 0.1) is 0 Å². The molecule has 0 amide bonds. The Labute approximate surface area is 83.6 Å². The van der Waals surface area contributed by atoms with E-state index in [9.17, 15) is 4.79 Å². The number of hydrogen-bond acceptors (Lipinski definition) is 2. The molecule has 3 N–H and O–H groups in total. The minimum absolute atomic E-state index is 0.252. The molecule has 0 aliphatic carbocycles. The lowest BCUT2D eigenvalue weighted by atomic mass is 10.1. The molecule has 0 radical (unpaired) electrons. The van der Waals surface area contributed by atoms with Crippen molar-refractivity contribution in [3.8, 4) is 0 Å². The fourth-order valence-electron chi connectivity index (χ4n) is 1.35. The normalized spacial score (nSPS) is 10.0. The van der Waals surface area contributed by atoms with Gasteiger partial charge in [0.15, 0.2) is 0 Å². The summed E-state index contributed by atoms with van der Waals surface area (Å²) in [4.78, 5) is 10.2. The van der Waals surface area contributed by atoms with Crippen LogP contribution in [0.1, 0.15) is 24.8 Å². The second kappa shape index (κ2) is 5.27. The predicted octanol–water partition coefficient (Wildman–Crippen LogP) is 2.07. The number of hydrogen-bond donors (Lipinski definition) is 2. The maximum Gasteiger partial charge on any atom is 0.303 e. The Kier molecular flexibility index (Phi) is 3.98. The van der Waals surface area contributed by atoms with Crippen LogP contribution in [0.2, 0.25) is 0 Å². The Hall–Kier alpha value is -1.51. The van der Waals surface area contributed by atoms with Crippen molar-refractivity contribution in [2.75, 3.05) is 5.73 Å². The molecular formula is C11H15NO2. The summed E-state index contributed by atoms with van der Waals surface area (Å²) in [6.45, 7) is 0. The van der Waals surface area contributed by atoms with Gasteiger partial charge in [-0.2, -0.15) is 0 Å². The molecular weight excluding hydrogens is 178 g/mol. The second-order valence-corrected chi connectivity index (χ2v) is 3.35. The van der Waals surface area contributed by atoms with Crippen LogP contribution in [0.15, 0.2) is 24.3 Å². The number of nitrogens with two attached hydrogens (primary N) is 1. The van der Waals surface area contributed by atoms with E-state index in [2.05, 4.69) is 0 Å². The Bertz CT molecular complexity index is 310. The van der Waals surface area contributed by atoms with E-state index in [0.717, 1.165) is 24.9 Å². The highest BCUT2D eigenvalue weighted by Crippen LogP contribution is 2.10. The van der Waals surface area contributed by atoms with Crippen LogP contribution >= 0.6 is 0 Å². The van der Waals surface area contributed by atoms with Crippen LogP contribution < -0.4 is 5.73 Å². The zero-order valence-electron chi connectivity index (χ0n) is 8.07. The van der Waals surface area contributed by atoms with Gasteiger partial charge in [-0.1, -0.05) is 12.1 Å². The first-order chi connectivity index (χ1) is 6.68. The number of carbonyl (C=O) groups is 1. The zero-order valence-corrected chi connectivity index (χ0v) is 8.07. The van der Waals surface area contributed by atoms with Crippen LogP contribution in [0.25, 0.3) is 0 Å². The highest BCUT2D eigenvalue weighted by molar-refractivity contribution is 5.66. The molecule has 0 atom stereocenters. The molecule has 14 heavy (non-hydrogen) atoms. The number of benzene rings is 1. The van der Waals surface area contributed by atoms with E-state index < -0.39 is 5.97 Å². The lowest BCUT2D eigenvalue weighted by Crippen LogP contribution is -1.95. The minimum atomic E-state index is -0.724. The lowest BCUT2D eigenvalue weighted by molar-refractivity contribution is -0.137. The van der Waals surface area contributed by atoms with Crippen molar-refractivity contribution in [1.82, 2.24) is 0 Å². The van der Waals surface area contributed by atoms with Gasteiger partial charge in [-0.15, -0.1) is 0 Å². The Morgan fingerprint density at radius 2 is 2.14 bits per heavy atom. The average molecular weight is 193 g/mol. The summed E-state index contributed by atoms with van der Waals surface area (Å²) in [5.74, 6) is -0.724. The molecule has 0 aromatic heterocycles. The quantitative estimate of drug-likeness (QED) is 0.555. The number of anilines is 1. The van der Waals surface area contributed by atoms with Crippen molar-refractivity contribution in [2.24, 2.45) is 0 Å². The maximum absolute atomic E-state index is 10.2. The average Bonchev–Trinajstić information content (AvgIpc) is 2.12. The smallest absolute Gasteiger partial charge is 0.303 e. The van der Waals surface area contributed by atoms with E-state index in [0.29, 0.717) is 0 Å². The lowest BCUT2D eigenvalue weighted by Gasteiger charge is -2.01. The number of aliphatic carboxylic acids is 1. The third kappa shape index (κ3) is 3.94. The number of carboxylic acids is 1. The Morgan fingerprint density at radius 3 is 2.79 bits per heavy atom. The van der Waals surface area contributed by atoms with E-state index in [1.165, 1.54) is 5.56 Å². The first-order valence-corrected chi connectivity index (χ1v) is 4.74. The fourth-order valence-corrected chi connectivity index (χ4v) is 1.35. The van der Waals surface area contributed by atoms with Crippen LogP contribution in [0.5, 0.6) is 0 Å². The van der Waals surface area contributed by atoms with Gasteiger partial charge in [0.2, 0.25) is 0 Å². The fraction of sp³-hybridized carbons (Fsp3) is 0.364. The van der Waals surface area contributed by atoms with Crippen LogP contribution in [-0.4, -0.2) is 11.1 Å². The molecule has 1 rings (SSSR count). The first kappa shape index (κ1) is 10.6. The first-order valence-electron chi connectivity index (χ1n) is 4.74. The standard InChI is InChI=1S/C11H15NO2/c12-10-6-3-5-9(8-10)4-1-2-7-11(13)14/h3,5-6,8H,1-2,4,7,12H2,(H,13,14). The second-order valence-electron chi connectivity index (χ2n) is 3.35. The minimum Gasteiger partial charge on any atom is -0.481 e. The number of carboxylic acid groups (broad SMARTS) is 1. The van der Waals surface area contributed by atoms with Crippen molar-refractivity contribution in [3.63, 3.8) is 0 Å². The highest BCUT2D eigenvalue weighted by Gasteiger charge is 1.97. The number of rotatable bonds is 5. The van der Waals surface area contributed by atoms with E-state index in [1.54, 1.807) is 0 Å². The van der Waals surface area contributed by atoms with Gasteiger partial charge in [0, 0.05) is 12.1 Å². The molecule has 0 bridgehead atoms. The van der Waals surface area contributed by atoms with Crippen molar-refractivity contribution in [2.45, 2.75) is 25.7 Å². The summed E-state index contributed by atoms with van der Waals surface area (Å²) in [6, 6.07) is 7.71. The summed E-state index contributed by atoms with van der Waals surface area (Å²) in [5, 5.41) is 8.43. The summed E-state index contributed by atoms with van der Waals surface area (Å²) < 4.78 is 0. The van der Waals surface area contributed by atoms with Gasteiger partial charge in [0.25, 0.3) is 0 Å². The number of aryl methyl sites for hydroxylation is 1. The van der Waals surface area contributed by atoms with Crippen LogP contribution in [0.4, 0.5) is 5.69 Å². The number of unbranched alkanes of at least 4 members (excludes halogenated alkanes) is 1. The topological polar surface area (TPSA) is 63.3 Å². The number of nitrogen functional groups attached to an aromatic ring is 1. The molecule has 1 aromatic carbocycles. The molecule has 0 aliphatic rings. The van der Waals surface area contributed by atoms with Gasteiger partial charge in [0.1, 0.15) is 0 Å². The van der Waals surface area contributed by atoms with E-state index >= 15 is 0 Å². The summed E-state index contributed by atoms with van der Waals surface area (Å²) >= 11 is 0. The van der Waals surface area contributed by atoms with Gasteiger partial charge >= 0.3 is 5.97 Å². The van der Waals surface area contributed by atoms with Gasteiger partial charge in [-0.3, -0.25) is 4.79 Å². The third-order valence-electron chi connectivity index (χ3n) is 2.06.